The zero-order valence-electron chi connectivity index (χ0n) is 12.3. The molecule has 3 nitrogen and oxygen atoms in total. The molecule has 2 rings (SSSR count). The summed E-state index contributed by atoms with van der Waals surface area (Å²) in [6.45, 7) is 10.3. The van der Waals surface area contributed by atoms with Crippen LogP contribution in [0, 0.1) is 13.8 Å². The predicted molar refractivity (Wildman–Crippen MR) is 79.2 cm³/mol. The van der Waals surface area contributed by atoms with Gasteiger partial charge in [0.05, 0.1) is 19.6 Å². The molecule has 19 heavy (non-hydrogen) atoms. The minimum Gasteiger partial charge on any atom is -0.321 e. The number of rotatable bonds is 4. The van der Waals surface area contributed by atoms with E-state index in [0.29, 0.717) is 6.54 Å². The van der Waals surface area contributed by atoms with Crippen LogP contribution in [-0.4, -0.2) is 36.6 Å². The molecular formula is C16H25N2O+. The number of aryl methyl sites for hydroxylation is 2. The van der Waals surface area contributed by atoms with Crippen LogP contribution >= 0.6 is 0 Å². The Balaban J connectivity index is 2.05. The molecule has 104 valence electrons. The van der Waals surface area contributed by atoms with Gasteiger partial charge in [-0.3, -0.25) is 4.79 Å². The molecule has 0 unspecified atom stereocenters. The van der Waals surface area contributed by atoms with Gasteiger partial charge in [-0.2, -0.15) is 0 Å². The van der Waals surface area contributed by atoms with E-state index in [1.165, 1.54) is 12.8 Å². The lowest BCUT2D eigenvalue weighted by atomic mass is 10.1. The number of nitrogens with one attached hydrogen (secondary N) is 1. The van der Waals surface area contributed by atoms with Crippen LogP contribution in [0.2, 0.25) is 0 Å². The summed E-state index contributed by atoms with van der Waals surface area (Å²) in [4.78, 5) is 12.3. The van der Waals surface area contributed by atoms with E-state index in [0.717, 1.165) is 40.9 Å². The molecule has 1 N–H and O–H groups in total. The number of para-hydroxylation sites is 1. The number of hydrogen-bond acceptors (Lipinski definition) is 1. The topological polar surface area (TPSA) is 29.1 Å². The second-order valence-corrected chi connectivity index (χ2v) is 5.79. The molecule has 0 aromatic heterocycles. The molecule has 0 spiro atoms. The van der Waals surface area contributed by atoms with Gasteiger partial charge in [0.1, 0.15) is 0 Å². The largest absolute Gasteiger partial charge is 0.321 e. The highest BCUT2D eigenvalue weighted by atomic mass is 16.2. The Kier molecular flexibility index (Phi) is 4.25. The molecule has 1 heterocycles. The lowest BCUT2D eigenvalue weighted by Gasteiger charge is -2.32. The fourth-order valence-corrected chi connectivity index (χ4v) is 3.09. The maximum absolute atomic E-state index is 12.3. The van der Waals surface area contributed by atoms with E-state index in [2.05, 4.69) is 12.2 Å². The molecule has 1 aromatic rings. The molecule has 0 saturated carbocycles. The third-order valence-corrected chi connectivity index (χ3v) is 4.41. The number of carbonyl (C=O) groups is 1. The molecule has 0 bridgehead atoms. The predicted octanol–water partition coefficient (Wildman–Crippen LogP) is 2.87. The fraction of sp³-hybridized carbons (Fsp3) is 0.562. The fourth-order valence-electron chi connectivity index (χ4n) is 3.09. The van der Waals surface area contributed by atoms with Crippen molar-refractivity contribution in [1.82, 2.24) is 0 Å². The van der Waals surface area contributed by atoms with Gasteiger partial charge in [-0.05, 0) is 31.9 Å². The molecule has 1 aliphatic rings. The molecule has 0 aliphatic carbocycles. The second-order valence-electron chi connectivity index (χ2n) is 5.79. The first-order valence-corrected chi connectivity index (χ1v) is 7.27. The summed E-state index contributed by atoms with van der Waals surface area (Å²) >= 11 is 0. The van der Waals surface area contributed by atoms with Crippen molar-refractivity contribution in [3.63, 3.8) is 0 Å². The number of hydrogen-bond donors (Lipinski definition) is 1. The number of likely N-dealkylation sites (N-methyl/N-ethyl adjacent to an activating group) is 1. The van der Waals surface area contributed by atoms with E-state index in [4.69, 9.17) is 0 Å². The number of likely N-dealkylation sites (tertiary alicyclic amines) is 1. The third kappa shape index (κ3) is 3.16. The van der Waals surface area contributed by atoms with Gasteiger partial charge in [0.25, 0.3) is 5.91 Å². The number of amides is 1. The van der Waals surface area contributed by atoms with Gasteiger partial charge in [-0.15, -0.1) is 0 Å². The van der Waals surface area contributed by atoms with Crippen LogP contribution in [0.15, 0.2) is 18.2 Å². The van der Waals surface area contributed by atoms with Crippen molar-refractivity contribution in [2.24, 2.45) is 0 Å². The molecular weight excluding hydrogens is 236 g/mol. The number of carbonyl (C=O) groups excluding carboxylic acids is 1. The van der Waals surface area contributed by atoms with Crippen molar-refractivity contribution < 1.29 is 9.28 Å². The summed E-state index contributed by atoms with van der Waals surface area (Å²) in [5.41, 5.74) is 3.26. The Labute approximate surface area is 116 Å². The highest BCUT2D eigenvalue weighted by Gasteiger charge is 2.32. The van der Waals surface area contributed by atoms with Gasteiger partial charge < -0.3 is 9.80 Å². The molecule has 3 heteroatoms. The molecule has 0 atom stereocenters. The van der Waals surface area contributed by atoms with E-state index >= 15 is 0 Å². The van der Waals surface area contributed by atoms with Crippen molar-refractivity contribution in [3.8, 4) is 0 Å². The van der Waals surface area contributed by atoms with Gasteiger partial charge >= 0.3 is 0 Å². The van der Waals surface area contributed by atoms with Crippen LogP contribution in [0.25, 0.3) is 0 Å². The third-order valence-electron chi connectivity index (χ3n) is 4.41. The molecule has 1 amide bonds. The minimum atomic E-state index is 0.154. The van der Waals surface area contributed by atoms with Crippen LogP contribution in [-0.2, 0) is 4.79 Å². The first-order chi connectivity index (χ1) is 9.06. The second kappa shape index (κ2) is 5.74. The summed E-state index contributed by atoms with van der Waals surface area (Å²) in [6.07, 6.45) is 2.51. The van der Waals surface area contributed by atoms with E-state index < -0.39 is 0 Å². The van der Waals surface area contributed by atoms with E-state index in [1.807, 2.05) is 32.0 Å². The highest BCUT2D eigenvalue weighted by Crippen LogP contribution is 2.22. The molecule has 1 aliphatic heterocycles. The lowest BCUT2D eigenvalue weighted by molar-refractivity contribution is -0.907. The monoisotopic (exact) mass is 261 g/mol. The van der Waals surface area contributed by atoms with Crippen LogP contribution in [0.3, 0.4) is 0 Å². The van der Waals surface area contributed by atoms with Crippen molar-refractivity contribution >= 4 is 11.6 Å². The number of benzene rings is 1. The van der Waals surface area contributed by atoms with E-state index in [9.17, 15) is 4.79 Å². The summed E-state index contributed by atoms with van der Waals surface area (Å²) in [7, 11) is 0. The Morgan fingerprint density at radius 3 is 2.32 bits per heavy atom. The standard InChI is InChI=1S/C16H24N2O/c1-4-18(10-5-6-11-18)12-15(19)17-16-13(2)8-7-9-14(16)3/h7-9H,4-6,10-12H2,1-3H3/p+1. The van der Waals surface area contributed by atoms with Gasteiger partial charge in [0.15, 0.2) is 6.54 Å². The maximum Gasteiger partial charge on any atom is 0.279 e. The zero-order valence-corrected chi connectivity index (χ0v) is 12.3. The van der Waals surface area contributed by atoms with Crippen molar-refractivity contribution in [2.45, 2.75) is 33.6 Å². The molecule has 1 fully saturated rings. The molecule has 0 radical (unpaired) electrons. The summed E-state index contributed by atoms with van der Waals surface area (Å²) < 4.78 is 0.955. The van der Waals surface area contributed by atoms with Gasteiger partial charge in [-0.1, -0.05) is 18.2 Å². The first-order valence-electron chi connectivity index (χ1n) is 7.27. The first kappa shape index (κ1) is 14.1. The molecule has 1 saturated heterocycles. The zero-order chi connectivity index (χ0) is 13.9. The minimum absolute atomic E-state index is 0.154. The normalized spacial score (nSPS) is 17.4. The van der Waals surface area contributed by atoms with E-state index in [-0.39, 0.29) is 5.91 Å². The van der Waals surface area contributed by atoms with Gasteiger partial charge in [-0.25, -0.2) is 0 Å². The Morgan fingerprint density at radius 1 is 1.21 bits per heavy atom. The number of quaternary nitrogens is 1. The van der Waals surface area contributed by atoms with Crippen LogP contribution in [0.1, 0.15) is 30.9 Å². The van der Waals surface area contributed by atoms with Crippen LogP contribution < -0.4 is 5.32 Å². The Bertz CT molecular complexity index is 442. The quantitative estimate of drug-likeness (QED) is 0.830. The van der Waals surface area contributed by atoms with Gasteiger partial charge in [0.2, 0.25) is 0 Å². The Hall–Kier alpha value is -1.35. The van der Waals surface area contributed by atoms with Crippen LogP contribution in [0.4, 0.5) is 5.69 Å². The average Bonchev–Trinajstić information content (AvgIpc) is 2.83. The summed E-state index contributed by atoms with van der Waals surface area (Å²) in [5, 5.41) is 3.11. The Morgan fingerprint density at radius 2 is 1.79 bits per heavy atom. The molecule has 1 aromatic carbocycles. The van der Waals surface area contributed by atoms with Crippen molar-refractivity contribution in [1.29, 1.82) is 0 Å². The van der Waals surface area contributed by atoms with Crippen LogP contribution in [0.5, 0.6) is 0 Å². The lowest BCUT2D eigenvalue weighted by Crippen LogP contribution is -2.49. The summed E-state index contributed by atoms with van der Waals surface area (Å²) in [5.74, 6) is 0.154. The van der Waals surface area contributed by atoms with E-state index in [1.54, 1.807) is 0 Å². The van der Waals surface area contributed by atoms with Gasteiger partial charge in [0, 0.05) is 18.5 Å². The van der Waals surface area contributed by atoms with Crippen molar-refractivity contribution in [3.05, 3.63) is 29.3 Å². The highest BCUT2D eigenvalue weighted by molar-refractivity contribution is 5.93. The van der Waals surface area contributed by atoms with Crippen molar-refractivity contribution in [2.75, 3.05) is 31.5 Å². The summed E-state index contributed by atoms with van der Waals surface area (Å²) in [6, 6.07) is 6.12. The SMILES string of the molecule is CC[N+]1(CC(=O)Nc2c(C)cccc2C)CCCC1. The number of nitrogens with zero attached hydrogens (tertiary/aromatic N) is 1. The smallest absolute Gasteiger partial charge is 0.279 e. The maximum atomic E-state index is 12.3. The average molecular weight is 261 g/mol. The number of anilines is 1.